The number of benzene rings is 3. The summed E-state index contributed by atoms with van der Waals surface area (Å²) >= 11 is 0. The van der Waals surface area contributed by atoms with Gasteiger partial charge in [0, 0.05) is 17.7 Å². The van der Waals surface area contributed by atoms with Gasteiger partial charge in [0.1, 0.15) is 11.4 Å². The summed E-state index contributed by atoms with van der Waals surface area (Å²) in [6, 6.07) is 19.2. The highest BCUT2D eigenvalue weighted by Crippen LogP contribution is 2.36. The van der Waals surface area contributed by atoms with Crippen molar-refractivity contribution < 1.29 is 14.5 Å². The van der Waals surface area contributed by atoms with Crippen LogP contribution in [0.25, 0.3) is 22.0 Å². The first kappa shape index (κ1) is 19.8. The number of non-ortho nitro benzene ring substituents is 1. The maximum Gasteiger partial charge on any atom is 0.289 e. The number of carbonyl (C=O) groups excluding carboxylic acids is 1. The highest BCUT2D eigenvalue weighted by atomic mass is 16.6. The fourth-order valence-electron chi connectivity index (χ4n) is 3.20. The molecule has 4 rings (SSSR count). The van der Waals surface area contributed by atoms with Crippen molar-refractivity contribution in [3.8, 4) is 17.0 Å². The number of nitrogens with zero attached hydrogens (tertiary/aromatic N) is 3. The van der Waals surface area contributed by atoms with Crippen molar-refractivity contribution >= 4 is 28.6 Å². The van der Waals surface area contributed by atoms with E-state index >= 15 is 0 Å². The molecule has 1 amide bonds. The molecule has 0 aliphatic rings. The molecule has 2 N–H and O–H groups in total. The van der Waals surface area contributed by atoms with Crippen molar-refractivity contribution in [1.82, 2.24) is 15.6 Å². The summed E-state index contributed by atoms with van der Waals surface area (Å²) in [6.07, 6.45) is 1.33. The molecule has 0 saturated carbocycles. The number of fused-ring (bicyclic) bond motifs is 1. The molecule has 0 bridgehead atoms. The van der Waals surface area contributed by atoms with Crippen molar-refractivity contribution in [2.75, 3.05) is 7.11 Å². The van der Waals surface area contributed by atoms with E-state index in [0.29, 0.717) is 17.0 Å². The Morgan fingerprint density at radius 1 is 1.16 bits per heavy atom. The van der Waals surface area contributed by atoms with Gasteiger partial charge < -0.3 is 4.74 Å². The molecule has 9 nitrogen and oxygen atoms in total. The molecule has 0 saturated heterocycles. The second kappa shape index (κ2) is 8.46. The molecule has 0 fully saturated rings. The van der Waals surface area contributed by atoms with Crippen molar-refractivity contribution in [1.29, 1.82) is 0 Å². The molecule has 1 heterocycles. The molecule has 154 valence electrons. The number of nitro groups is 1. The summed E-state index contributed by atoms with van der Waals surface area (Å²) in [4.78, 5) is 22.8. The number of nitro benzene ring substituents is 1. The quantitative estimate of drug-likeness (QED) is 0.281. The third-order valence-electron chi connectivity index (χ3n) is 4.65. The first-order chi connectivity index (χ1) is 15.1. The highest BCUT2D eigenvalue weighted by molar-refractivity contribution is 6.00. The van der Waals surface area contributed by atoms with Crippen LogP contribution in [-0.2, 0) is 0 Å². The van der Waals surface area contributed by atoms with Gasteiger partial charge in [0.25, 0.3) is 11.6 Å². The number of nitrogens with one attached hydrogen (secondary N) is 2. The van der Waals surface area contributed by atoms with E-state index < -0.39 is 10.8 Å². The first-order valence-corrected chi connectivity index (χ1v) is 9.26. The van der Waals surface area contributed by atoms with Gasteiger partial charge in [0.15, 0.2) is 0 Å². The summed E-state index contributed by atoms with van der Waals surface area (Å²) in [5.41, 5.74) is 4.35. The van der Waals surface area contributed by atoms with Crippen LogP contribution in [0.5, 0.6) is 5.75 Å². The Morgan fingerprint density at radius 2 is 2.00 bits per heavy atom. The molecule has 0 unspecified atom stereocenters. The SMILES string of the molecule is COc1ccc2ccccc2c1-c1cc(C(=O)N/N=C/c2cccc([N+](=O)[O-])c2)[nH]n1. The number of ether oxygens (including phenoxy) is 1. The molecule has 0 aliphatic heterocycles. The van der Waals surface area contributed by atoms with Gasteiger partial charge in [-0.2, -0.15) is 10.2 Å². The number of H-pyrrole nitrogens is 1. The minimum absolute atomic E-state index is 0.0579. The standard InChI is InChI=1S/C22H17N5O4/c1-31-20-10-9-15-6-2-3-8-17(15)21(20)18-12-19(25-24-18)22(28)26-23-13-14-5-4-7-16(11-14)27(29)30/h2-13H,1H3,(H,24,25)(H,26,28)/b23-13+. The van der Waals surface area contributed by atoms with Gasteiger partial charge >= 0.3 is 0 Å². The summed E-state index contributed by atoms with van der Waals surface area (Å²) in [6.45, 7) is 0. The van der Waals surface area contributed by atoms with Crippen LogP contribution >= 0.6 is 0 Å². The normalized spacial score (nSPS) is 11.0. The molecular formula is C22H17N5O4. The van der Waals surface area contributed by atoms with Crippen LogP contribution in [-0.4, -0.2) is 34.4 Å². The number of aromatic amines is 1. The van der Waals surface area contributed by atoms with E-state index in [1.807, 2.05) is 36.4 Å². The van der Waals surface area contributed by atoms with Gasteiger partial charge in [0.05, 0.1) is 29.5 Å². The number of hydrogen-bond donors (Lipinski definition) is 2. The third-order valence-corrected chi connectivity index (χ3v) is 4.65. The molecule has 0 atom stereocenters. The number of carbonyl (C=O) groups is 1. The summed E-state index contributed by atoms with van der Waals surface area (Å²) in [5, 5.41) is 23.7. The predicted molar refractivity (Wildman–Crippen MR) is 116 cm³/mol. The fraction of sp³-hybridized carbons (Fsp3) is 0.0455. The van der Waals surface area contributed by atoms with E-state index in [9.17, 15) is 14.9 Å². The highest BCUT2D eigenvalue weighted by Gasteiger charge is 2.16. The van der Waals surface area contributed by atoms with Crippen LogP contribution in [0.15, 0.2) is 71.8 Å². The second-order valence-electron chi connectivity index (χ2n) is 6.58. The van der Waals surface area contributed by atoms with Crippen LogP contribution in [0.4, 0.5) is 5.69 Å². The van der Waals surface area contributed by atoms with Gasteiger partial charge in [-0.1, -0.05) is 42.5 Å². The molecule has 31 heavy (non-hydrogen) atoms. The Balaban J connectivity index is 1.56. The van der Waals surface area contributed by atoms with Crippen LogP contribution < -0.4 is 10.2 Å². The molecule has 9 heteroatoms. The Kier molecular flexibility index (Phi) is 5.39. The predicted octanol–water partition coefficient (Wildman–Crippen LogP) is 3.91. The number of methoxy groups -OCH3 is 1. The summed E-state index contributed by atoms with van der Waals surface area (Å²) in [5.74, 6) is 0.139. The smallest absolute Gasteiger partial charge is 0.289 e. The lowest BCUT2D eigenvalue weighted by Gasteiger charge is -2.09. The Labute approximate surface area is 176 Å². The maximum absolute atomic E-state index is 12.4. The monoisotopic (exact) mass is 415 g/mol. The van der Waals surface area contributed by atoms with Crippen molar-refractivity contribution in [2.45, 2.75) is 0 Å². The number of hydrogen-bond acceptors (Lipinski definition) is 6. The van der Waals surface area contributed by atoms with Gasteiger partial charge in [-0.05, 0) is 22.9 Å². The lowest BCUT2D eigenvalue weighted by molar-refractivity contribution is -0.384. The molecule has 0 spiro atoms. The lowest BCUT2D eigenvalue weighted by Crippen LogP contribution is -2.18. The zero-order valence-electron chi connectivity index (χ0n) is 16.4. The number of amides is 1. The van der Waals surface area contributed by atoms with Gasteiger partial charge in [0.2, 0.25) is 0 Å². The molecular weight excluding hydrogens is 398 g/mol. The number of rotatable bonds is 6. The van der Waals surface area contributed by atoms with E-state index in [1.54, 1.807) is 25.3 Å². The molecule has 0 aliphatic carbocycles. The Morgan fingerprint density at radius 3 is 2.81 bits per heavy atom. The van der Waals surface area contributed by atoms with Gasteiger partial charge in [-0.3, -0.25) is 20.0 Å². The Bertz CT molecular complexity index is 1310. The largest absolute Gasteiger partial charge is 0.496 e. The van der Waals surface area contributed by atoms with Crippen LogP contribution in [0, 0.1) is 10.1 Å². The minimum atomic E-state index is -0.500. The fourth-order valence-corrected chi connectivity index (χ4v) is 3.20. The van der Waals surface area contributed by atoms with E-state index in [4.69, 9.17) is 4.74 Å². The average molecular weight is 415 g/mol. The van der Waals surface area contributed by atoms with Crippen molar-refractivity contribution in [3.05, 3.63) is 88.1 Å². The topological polar surface area (TPSA) is 123 Å². The molecule has 1 aromatic heterocycles. The van der Waals surface area contributed by atoms with Crippen LogP contribution in [0.2, 0.25) is 0 Å². The maximum atomic E-state index is 12.4. The summed E-state index contributed by atoms with van der Waals surface area (Å²) < 4.78 is 5.49. The van der Waals surface area contributed by atoms with Gasteiger partial charge in [-0.15, -0.1) is 0 Å². The van der Waals surface area contributed by atoms with Crippen LogP contribution in [0.1, 0.15) is 16.1 Å². The molecule has 0 radical (unpaired) electrons. The molecule has 4 aromatic rings. The van der Waals surface area contributed by atoms with E-state index in [1.165, 1.54) is 18.3 Å². The van der Waals surface area contributed by atoms with Crippen LogP contribution in [0.3, 0.4) is 0 Å². The van der Waals surface area contributed by atoms with Gasteiger partial charge in [-0.25, -0.2) is 5.43 Å². The Hall–Kier alpha value is -4.53. The third kappa shape index (κ3) is 4.10. The second-order valence-corrected chi connectivity index (χ2v) is 6.58. The minimum Gasteiger partial charge on any atom is -0.496 e. The lowest BCUT2D eigenvalue weighted by atomic mass is 10.0. The zero-order valence-corrected chi connectivity index (χ0v) is 16.4. The average Bonchev–Trinajstić information content (AvgIpc) is 3.28. The zero-order chi connectivity index (χ0) is 21.8. The molecule has 3 aromatic carbocycles. The van der Waals surface area contributed by atoms with Crippen molar-refractivity contribution in [3.63, 3.8) is 0 Å². The van der Waals surface area contributed by atoms with E-state index in [-0.39, 0.29) is 11.4 Å². The first-order valence-electron chi connectivity index (χ1n) is 9.26. The number of hydrazone groups is 1. The van der Waals surface area contributed by atoms with Crippen molar-refractivity contribution in [2.24, 2.45) is 5.10 Å². The van der Waals surface area contributed by atoms with E-state index in [0.717, 1.165) is 16.3 Å². The van der Waals surface area contributed by atoms with E-state index in [2.05, 4.69) is 20.7 Å². The summed E-state index contributed by atoms with van der Waals surface area (Å²) in [7, 11) is 1.58. The number of aromatic nitrogens is 2.